The molecule has 2 aliphatic rings. The number of nitrogens with one attached hydrogen (secondary N) is 3. The number of rotatable bonds is 6. The van der Waals surface area contributed by atoms with Gasteiger partial charge in [0.2, 0.25) is 5.91 Å². The molecule has 0 saturated heterocycles. The summed E-state index contributed by atoms with van der Waals surface area (Å²) in [4.78, 5) is 17.1. The summed E-state index contributed by atoms with van der Waals surface area (Å²) in [5.74, 6) is 1.78. The molecule has 0 bridgehead atoms. The Labute approximate surface area is 169 Å². The lowest BCUT2D eigenvalue weighted by atomic mass is 9.85. The van der Waals surface area contributed by atoms with Crippen LogP contribution in [0.1, 0.15) is 69.9 Å². The van der Waals surface area contributed by atoms with E-state index in [4.69, 9.17) is 0 Å². The van der Waals surface area contributed by atoms with Gasteiger partial charge in [-0.05, 0) is 64.5 Å². The van der Waals surface area contributed by atoms with Gasteiger partial charge in [0.1, 0.15) is 0 Å². The molecule has 2 aliphatic carbocycles. The zero-order chi connectivity index (χ0) is 20.1. The predicted octanol–water partition coefficient (Wildman–Crippen LogP) is 3.49. The molecule has 1 aromatic carbocycles. The molecule has 154 valence electrons. The lowest BCUT2D eigenvalue weighted by Crippen LogP contribution is -2.48. The van der Waals surface area contributed by atoms with Crippen LogP contribution >= 0.6 is 0 Å². The van der Waals surface area contributed by atoms with E-state index < -0.39 is 0 Å². The smallest absolute Gasteiger partial charge is 0.223 e. The van der Waals surface area contributed by atoms with Gasteiger partial charge in [-0.25, -0.2) is 0 Å². The molecule has 28 heavy (non-hydrogen) atoms. The van der Waals surface area contributed by atoms with Crippen LogP contribution in [0.15, 0.2) is 29.3 Å². The van der Waals surface area contributed by atoms with E-state index >= 15 is 0 Å². The van der Waals surface area contributed by atoms with Crippen molar-refractivity contribution in [2.45, 2.75) is 83.8 Å². The van der Waals surface area contributed by atoms with Gasteiger partial charge in [-0.2, -0.15) is 0 Å². The highest BCUT2D eigenvalue weighted by Gasteiger charge is 2.40. The number of carbonyl (C=O) groups excluding carboxylic acids is 1. The summed E-state index contributed by atoms with van der Waals surface area (Å²) in [6, 6.07) is 9.62. The second-order valence-electron chi connectivity index (χ2n) is 8.64. The molecule has 3 N–H and O–H groups in total. The highest BCUT2D eigenvalue weighted by molar-refractivity contribution is 5.82. The van der Waals surface area contributed by atoms with Crippen molar-refractivity contribution in [2.24, 2.45) is 10.9 Å². The Morgan fingerprint density at radius 3 is 2.68 bits per heavy atom. The maximum Gasteiger partial charge on any atom is 0.223 e. The Bertz CT molecular complexity index is 700. The Morgan fingerprint density at radius 2 is 1.96 bits per heavy atom. The Balaban J connectivity index is 1.55. The Morgan fingerprint density at radius 1 is 1.18 bits per heavy atom. The van der Waals surface area contributed by atoms with Crippen LogP contribution in [-0.2, 0) is 4.79 Å². The molecular weight excluding hydrogens is 348 g/mol. The van der Waals surface area contributed by atoms with E-state index in [0.29, 0.717) is 18.0 Å². The largest absolute Gasteiger partial charge is 0.354 e. The SMILES string of the molecule is CCN=C(NC1CCCC(C(=O)NC(C)C)C1)NC1CC1c1ccccc1C. The summed E-state index contributed by atoms with van der Waals surface area (Å²) in [5.41, 5.74) is 2.81. The predicted molar refractivity (Wildman–Crippen MR) is 116 cm³/mol. The number of guanidine groups is 1. The number of nitrogens with zero attached hydrogens (tertiary/aromatic N) is 1. The highest BCUT2D eigenvalue weighted by atomic mass is 16.1. The van der Waals surface area contributed by atoms with Crippen LogP contribution in [0.5, 0.6) is 0 Å². The molecule has 5 nitrogen and oxygen atoms in total. The van der Waals surface area contributed by atoms with E-state index in [-0.39, 0.29) is 17.9 Å². The van der Waals surface area contributed by atoms with E-state index in [0.717, 1.165) is 44.6 Å². The molecule has 5 heteroatoms. The molecular formula is C23H36N4O. The van der Waals surface area contributed by atoms with Gasteiger partial charge in [0, 0.05) is 36.5 Å². The number of amides is 1. The molecule has 2 fully saturated rings. The third kappa shape index (κ3) is 5.49. The van der Waals surface area contributed by atoms with Gasteiger partial charge in [-0.3, -0.25) is 9.79 Å². The number of hydrogen-bond donors (Lipinski definition) is 3. The van der Waals surface area contributed by atoms with Gasteiger partial charge in [-0.1, -0.05) is 30.7 Å². The minimum absolute atomic E-state index is 0.108. The van der Waals surface area contributed by atoms with Gasteiger partial charge < -0.3 is 16.0 Å². The van der Waals surface area contributed by atoms with Crippen molar-refractivity contribution in [3.63, 3.8) is 0 Å². The summed E-state index contributed by atoms with van der Waals surface area (Å²) in [7, 11) is 0. The summed E-state index contributed by atoms with van der Waals surface area (Å²) in [6.07, 6.45) is 5.21. The molecule has 0 heterocycles. The first-order valence-corrected chi connectivity index (χ1v) is 10.9. The molecule has 3 rings (SSSR count). The van der Waals surface area contributed by atoms with Gasteiger partial charge in [0.05, 0.1) is 0 Å². The first-order valence-electron chi connectivity index (χ1n) is 10.9. The van der Waals surface area contributed by atoms with Crippen molar-refractivity contribution in [3.05, 3.63) is 35.4 Å². The second-order valence-corrected chi connectivity index (χ2v) is 8.64. The molecule has 4 unspecified atom stereocenters. The van der Waals surface area contributed by atoms with E-state index in [2.05, 4.69) is 59.1 Å². The van der Waals surface area contributed by atoms with Crippen LogP contribution < -0.4 is 16.0 Å². The van der Waals surface area contributed by atoms with E-state index in [1.807, 2.05) is 13.8 Å². The molecule has 0 aliphatic heterocycles. The standard InChI is InChI=1S/C23H36N4O/c1-5-24-23(27-21-14-20(21)19-12-7-6-9-16(19)4)26-18-11-8-10-17(13-18)22(28)25-15(2)3/h6-7,9,12,15,17-18,20-21H,5,8,10-11,13-14H2,1-4H3,(H,25,28)(H2,24,26,27). The molecule has 0 spiro atoms. The van der Waals surface area contributed by atoms with Crippen molar-refractivity contribution < 1.29 is 4.79 Å². The quantitative estimate of drug-likeness (QED) is 0.520. The lowest BCUT2D eigenvalue weighted by molar-refractivity contribution is -0.126. The number of aryl methyl sites for hydroxylation is 1. The van der Waals surface area contributed by atoms with E-state index in [1.165, 1.54) is 11.1 Å². The van der Waals surface area contributed by atoms with Crippen LogP contribution in [0.3, 0.4) is 0 Å². The molecule has 0 radical (unpaired) electrons. The van der Waals surface area contributed by atoms with E-state index in [1.54, 1.807) is 0 Å². The maximum atomic E-state index is 12.4. The molecule has 1 aromatic rings. The fraction of sp³-hybridized carbons (Fsp3) is 0.652. The molecule has 0 aromatic heterocycles. The summed E-state index contributed by atoms with van der Waals surface area (Å²) in [6.45, 7) is 9.05. The van der Waals surface area contributed by atoms with Crippen LogP contribution in [0.4, 0.5) is 0 Å². The minimum atomic E-state index is 0.108. The second kappa shape index (κ2) is 9.44. The van der Waals surface area contributed by atoms with Crippen LogP contribution in [0, 0.1) is 12.8 Å². The van der Waals surface area contributed by atoms with Crippen molar-refractivity contribution in [3.8, 4) is 0 Å². The fourth-order valence-corrected chi connectivity index (χ4v) is 4.32. The van der Waals surface area contributed by atoms with Crippen molar-refractivity contribution in [2.75, 3.05) is 6.54 Å². The Hall–Kier alpha value is -2.04. The average molecular weight is 385 g/mol. The van der Waals surface area contributed by atoms with Gasteiger partial charge >= 0.3 is 0 Å². The lowest BCUT2D eigenvalue weighted by Gasteiger charge is -2.30. The first-order chi connectivity index (χ1) is 13.5. The summed E-state index contributed by atoms with van der Waals surface area (Å²) in [5, 5.41) is 10.3. The van der Waals surface area contributed by atoms with Crippen LogP contribution in [0.25, 0.3) is 0 Å². The van der Waals surface area contributed by atoms with Gasteiger partial charge in [0.25, 0.3) is 0 Å². The highest BCUT2D eigenvalue weighted by Crippen LogP contribution is 2.42. The summed E-state index contributed by atoms with van der Waals surface area (Å²) < 4.78 is 0. The number of hydrogen-bond acceptors (Lipinski definition) is 2. The van der Waals surface area contributed by atoms with Crippen LogP contribution in [-0.4, -0.2) is 36.5 Å². The van der Waals surface area contributed by atoms with Crippen molar-refractivity contribution >= 4 is 11.9 Å². The third-order valence-corrected chi connectivity index (χ3v) is 5.83. The fourth-order valence-electron chi connectivity index (χ4n) is 4.32. The maximum absolute atomic E-state index is 12.4. The minimum Gasteiger partial charge on any atom is -0.354 e. The zero-order valence-corrected chi connectivity index (χ0v) is 17.8. The Kier molecular flexibility index (Phi) is 6.97. The van der Waals surface area contributed by atoms with Gasteiger partial charge in [-0.15, -0.1) is 0 Å². The molecule has 4 atom stereocenters. The normalized spacial score (nSPS) is 27.4. The topological polar surface area (TPSA) is 65.5 Å². The third-order valence-electron chi connectivity index (χ3n) is 5.83. The molecule has 2 saturated carbocycles. The molecule has 1 amide bonds. The van der Waals surface area contributed by atoms with Crippen molar-refractivity contribution in [1.29, 1.82) is 0 Å². The zero-order valence-electron chi connectivity index (χ0n) is 17.8. The first kappa shape index (κ1) is 20.7. The van der Waals surface area contributed by atoms with Gasteiger partial charge in [0.15, 0.2) is 5.96 Å². The number of benzene rings is 1. The summed E-state index contributed by atoms with van der Waals surface area (Å²) >= 11 is 0. The van der Waals surface area contributed by atoms with Crippen LogP contribution in [0.2, 0.25) is 0 Å². The van der Waals surface area contributed by atoms with E-state index in [9.17, 15) is 4.79 Å². The monoisotopic (exact) mass is 384 g/mol. The van der Waals surface area contributed by atoms with Crippen molar-refractivity contribution in [1.82, 2.24) is 16.0 Å². The number of aliphatic imine (C=N–C) groups is 1. The average Bonchev–Trinajstić information content (AvgIpc) is 3.41. The number of carbonyl (C=O) groups is 1.